The number of aromatic nitrogens is 2. The molecule has 1 unspecified atom stereocenters. The summed E-state index contributed by atoms with van der Waals surface area (Å²) >= 11 is 0. The third kappa shape index (κ3) is 5.97. The Hall–Kier alpha value is -1.55. The molecule has 27 heavy (non-hydrogen) atoms. The molecular formula is C18H32N6O3. The molecule has 1 aromatic rings. The quantitative estimate of drug-likeness (QED) is 0.680. The number of carbonyl (C=O) groups excluding carboxylic acids is 1. The van der Waals surface area contributed by atoms with Gasteiger partial charge in [-0.15, -0.1) is 0 Å². The monoisotopic (exact) mass is 380 g/mol. The summed E-state index contributed by atoms with van der Waals surface area (Å²) in [5.74, 6) is 1.52. The number of amides is 1. The molecule has 0 aliphatic carbocycles. The van der Waals surface area contributed by atoms with Crippen molar-refractivity contribution in [2.45, 2.75) is 32.9 Å². The highest BCUT2D eigenvalue weighted by Gasteiger charge is 2.22. The minimum Gasteiger partial charge on any atom is -0.371 e. The van der Waals surface area contributed by atoms with E-state index in [0.29, 0.717) is 31.3 Å². The lowest BCUT2D eigenvalue weighted by atomic mass is 10.2. The molecule has 0 bridgehead atoms. The van der Waals surface area contributed by atoms with E-state index in [1.807, 2.05) is 18.7 Å². The van der Waals surface area contributed by atoms with Gasteiger partial charge < -0.3 is 24.4 Å². The number of piperazine rings is 2. The zero-order valence-electron chi connectivity index (χ0n) is 16.5. The van der Waals surface area contributed by atoms with Gasteiger partial charge in [0.25, 0.3) is 0 Å². The summed E-state index contributed by atoms with van der Waals surface area (Å²) in [4.78, 5) is 23.4. The van der Waals surface area contributed by atoms with E-state index >= 15 is 0 Å². The normalized spacial score (nSPS) is 20.7. The first-order valence-corrected chi connectivity index (χ1v) is 10.0. The van der Waals surface area contributed by atoms with Crippen molar-refractivity contribution >= 4 is 5.91 Å². The van der Waals surface area contributed by atoms with Gasteiger partial charge >= 0.3 is 0 Å². The number of rotatable bonds is 8. The lowest BCUT2D eigenvalue weighted by Gasteiger charge is -2.34. The topological polar surface area (TPSA) is 87.0 Å². The van der Waals surface area contributed by atoms with Crippen LogP contribution in [0.15, 0.2) is 4.52 Å². The second kappa shape index (κ2) is 10.1. The second-order valence-electron chi connectivity index (χ2n) is 7.14. The van der Waals surface area contributed by atoms with Gasteiger partial charge in [-0.25, -0.2) is 0 Å². The van der Waals surface area contributed by atoms with Crippen molar-refractivity contribution in [2.24, 2.45) is 0 Å². The van der Waals surface area contributed by atoms with E-state index in [4.69, 9.17) is 9.26 Å². The van der Waals surface area contributed by atoms with E-state index in [1.54, 1.807) is 0 Å². The van der Waals surface area contributed by atoms with Crippen LogP contribution in [0.25, 0.3) is 0 Å². The van der Waals surface area contributed by atoms with Gasteiger partial charge in [-0.3, -0.25) is 9.69 Å². The highest BCUT2D eigenvalue weighted by atomic mass is 16.5. The molecule has 3 rings (SSSR count). The number of nitrogens with zero attached hydrogens (tertiary/aromatic N) is 5. The Morgan fingerprint density at radius 2 is 1.89 bits per heavy atom. The van der Waals surface area contributed by atoms with Crippen molar-refractivity contribution in [1.29, 1.82) is 0 Å². The van der Waals surface area contributed by atoms with Crippen molar-refractivity contribution in [3.8, 4) is 0 Å². The fourth-order valence-electron chi connectivity index (χ4n) is 3.51. The Morgan fingerprint density at radius 3 is 2.59 bits per heavy atom. The largest absolute Gasteiger partial charge is 0.371 e. The standard InChI is InChI=1S/C18H32N6O3/c1-3-26-15(2)18-20-16(27-21-18)14-23-12-10-22(11-13-23)7-4-17(25)24-8-5-19-6-9-24/h15,19H,3-14H2,1-2H3. The Labute approximate surface area is 161 Å². The van der Waals surface area contributed by atoms with Gasteiger partial charge in [-0.05, 0) is 13.8 Å². The van der Waals surface area contributed by atoms with E-state index in [-0.39, 0.29) is 12.0 Å². The first-order valence-electron chi connectivity index (χ1n) is 10.0. The van der Waals surface area contributed by atoms with E-state index in [9.17, 15) is 4.79 Å². The molecular weight excluding hydrogens is 348 g/mol. The first-order chi connectivity index (χ1) is 13.2. The van der Waals surface area contributed by atoms with Crippen molar-refractivity contribution in [3.63, 3.8) is 0 Å². The second-order valence-corrected chi connectivity index (χ2v) is 7.14. The lowest BCUT2D eigenvalue weighted by Crippen LogP contribution is -2.49. The van der Waals surface area contributed by atoms with Crippen molar-refractivity contribution in [2.75, 3.05) is 65.5 Å². The zero-order valence-corrected chi connectivity index (χ0v) is 16.5. The van der Waals surface area contributed by atoms with Crippen molar-refractivity contribution in [3.05, 3.63) is 11.7 Å². The van der Waals surface area contributed by atoms with Gasteiger partial charge in [0, 0.05) is 71.9 Å². The van der Waals surface area contributed by atoms with Crippen LogP contribution in [0.5, 0.6) is 0 Å². The van der Waals surface area contributed by atoms with Crippen LogP contribution in [-0.2, 0) is 16.1 Å². The average molecular weight is 380 g/mol. The van der Waals surface area contributed by atoms with Crippen LogP contribution >= 0.6 is 0 Å². The van der Waals surface area contributed by atoms with Gasteiger partial charge in [-0.2, -0.15) is 4.98 Å². The maximum absolute atomic E-state index is 12.3. The number of ether oxygens (including phenoxy) is 1. The van der Waals surface area contributed by atoms with Crippen LogP contribution in [0.4, 0.5) is 0 Å². The molecule has 1 atom stereocenters. The molecule has 1 N–H and O–H groups in total. The van der Waals surface area contributed by atoms with Gasteiger partial charge in [0.05, 0.1) is 6.54 Å². The Bertz CT molecular complexity index is 581. The summed E-state index contributed by atoms with van der Waals surface area (Å²) in [5.41, 5.74) is 0. The smallest absolute Gasteiger partial charge is 0.240 e. The summed E-state index contributed by atoms with van der Waals surface area (Å²) in [6.07, 6.45) is 0.472. The molecule has 0 aromatic carbocycles. The molecule has 152 valence electrons. The van der Waals surface area contributed by atoms with E-state index in [2.05, 4.69) is 25.3 Å². The molecule has 0 spiro atoms. The fraction of sp³-hybridized carbons (Fsp3) is 0.833. The third-order valence-corrected chi connectivity index (χ3v) is 5.20. The van der Waals surface area contributed by atoms with Gasteiger partial charge in [0.1, 0.15) is 6.10 Å². The van der Waals surface area contributed by atoms with Crippen LogP contribution in [0.3, 0.4) is 0 Å². The maximum Gasteiger partial charge on any atom is 0.240 e. The summed E-state index contributed by atoms with van der Waals surface area (Å²) in [6, 6.07) is 0. The molecule has 9 heteroatoms. The average Bonchev–Trinajstić information content (AvgIpc) is 3.17. The highest BCUT2D eigenvalue weighted by Crippen LogP contribution is 2.14. The Morgan fingerprint density at radius 1 is 1.19 bits per heavy atom. The zero-order chi connectivity index (χ0) is 19.1. The molecule has 2 aliphatic heterocycles. The molecule has 1 amide bonds. The summed E-state index contributed by atoms with van der Waals surface area (Å²) < 4.78 is 10.9. The number of hydrogen-bond acceptors (Lipinski definition) is 8. The van der Waals surface area contributed by atoms with Gasteiger partial charge in [0.15, 0.2) is 5.82 Å². The summed E-state index contributed by atoms with van der Waals surface area (Å²) in [5, 5.41) is 7.29. The third-order valence-electron chi connectivity index (χ3n) is 5.20. The van der Waals surface area contributed by atoms with Crippen LogP contribution in [-0.4, -0.2) is 96.3 Å². The lowest BCUT2D eigenvalue weighted by molar-refractivity contribution is -0.132. The molecule has 2 saturated heterocycles. The van der Waals surface area contributed by atoms with Crippen LogP contribution in [0.1, 0.15) is 38.1 Å². The molecule has 2 aliphatic rings. The SMILES string of the molecule is CCOC(C)c1noc(CN2CCN(CCC(=O)N3CCNCC3)CC2)n1. The summed E-state index contributed by atoms with van der Waals surface area (Å²) in [7, 11) is 0. The number of hydrogen-bond donors (Lipinski definition) is 1. The van der Waals surface area contributed by atoms with E-state index in [0.717, 1.165) is 58.9 Å². The van der Waals surface area contributed by atoms with Crippen LogP contribution in [0.2, 0.25) is 0 Å². The van der Waals surface area contributed by atoms with Crippen LogP contribution in [0, 0.1) is 0 Å². The predicted octanol–water partition coefficient (Wildman–Crippen LogP) is 0.107. The Kier molecular flexibility index (Phi) is 7.57. The summed E-state index contributed by atoms with van der Waals surface area (Å²) in [6.45, 7) is 13.3. The first kappa shape index (κ1) is 20.2. The Balaban J connectivity index is 1.36. The highest BCUT2D eigenvalue weighted by molar-refractivity contribution is 5.76. The molecule has 0 saturated carbocycles. The molecule has 9 nitrogen and oxygen atoms in total. The van der Waals surface area contributed by atoms with Crippen molar-refractivity contribution in [1.82, 2.24) is 30.2 Å². The number of nitrogens with one attached hydrogen (secondary N) is 1. The maximum atomic E-state index is 12.3. The van der Waals surface area contributed by atoms with Gasteiger partial charge in [0.2, 0.25) is 11.8 Å². The van der Waals surface area contributed by atoms with Gasteiger partial charge in [-0.1, -0.05) is 5.16 Å². The van der Waals surface area contributed by atoms with E-state index < -0.39 is 0 Å². The minimum atomic E-state index is -0.141. The molecule has 2 fully saturated rings. The minimum absolute atomic E-state index is 0.141. The molecule has 3 heterocycles. The number of carbonyl (C=O) groups is 1. The predicted molar refractivity (Wildman–Crippen MR) is 100 cm³/mol. The van der Waals surface area contributed by atoms with Crippen molar-refractivity contribution < 1.29 is 14.1 Å². The van der Waals surface area contributed by atoms with E-state index in [1.165, 1.54) is 0 Å². The molecule has 0 radical (unpaired) electrons. The fourth-order valence-corrected chi connectivity index (χ4v) is 3.51. The molecule has 1 aromatic heterocycles. The van der Waals surface area contributed by atoms with Crippen LogP contribution < -0.4 is 5.32 Å².